The van der Waals surface area contributed by atoms with Crippen LogP contribution in [-0.4, -0.2) is 26.6 Å². The summed E-state index contributed by atoms with van der Waals surface area (Å²) in [5.41, 5.74) is 1.36. The number of ketones is 1. The van der Waals surface area contributed by atoms with Crippen LogP contribution in [0.1, 0.15) is 10.4 Å². The van der Waals surface area contributed by atoms with Crippen LogP contribution in [0.5, 0.6) is 5.75 Å². The molecule has 4 aromatic rings. The van der Waals surface area contributed by atoms with Crippen LogP contribution in [0.25, 0.3) is 22.5 Å². The second-order valence-electron chi connectivity index (χ2n) is 5.61. The van der Waals surface area contributed by atoms with E-state index < -0.39 is 0 Å². The van der Waals surface area contributed by atoms with Crippen molar-refractivity contribution in [1.29, 1.82) is 0 Å². The number of thioether (sulfide) groups is 1. The van der Waals surface area contributed by atoms with Crippen LogP contribution in [-0.2, 0) is 0 Å². The van der Waals surface area contributed by atoms with Crippen LogP contribution >= 0.6 is 11.8 Å². The fourth-order valence-electron chi connectivity index (χ4n) is 2.54. The number of aromatic hydroxyl groups is 1. The molecular weight excluding hydrogens is 348 g/mol. The van der Waals surface area contributed by atoms with Crippen molar-refractivity contribution in [2.75, 3.05) is 5.75 Å². The van der Waals surface area contributed by atoms with Gasteiger partial charge in [0.05, 0.1) is 17.5 Å². The number of phenolic OH excluding ortho intramolecular Hbond substituents is 1. The molecule has 26 heavy (non-hydrogen) atoms. The first-order valence-electron chi connectivity index (χ1n) is 7.96. The smallest absolute Gasteiger partial charge is 0.197 e. The number of carbonyl (C=O) groups is 1. The van der Waals surface area contributed by atoms with Gasteiger partial charge in [-0.2, -0.15) is 0 Å². The number of para-hydroxylation sites is 1. The van der Waals surface area contributed by atoms with E-state index >= 15 is 0 Å². The summed E-state index contributed by atoms with van der Waals surface area (Å²) in [4.78, 5) is 21.5. The predicted octanol–water partition coefficient (Wildman–Crippen LogP) is 4.57. The first-order valence-corrected chi connectivity index (χ1v) is 8.95. The van der Waals surface area contributed by atoms with Gasteiger partial charge >= 0.3 is 0 Å². The van der Waals surface area contributed by atoms with E-state index in [-0.39, 0.29) is 17.3 Å². The minimum absolute atomic E-state index is 0.0303. The van der Waals surface area contributed by atoms with Gasteiger partial charge in [-0.25, -0.2) is 9.97 Å². The van der Waals surface area contributed by atoms with Crippen LogP contribution in [0.3, 0.4) is 0 Å². The Labute approximate surface area is 153 Å². The Morgan fingerprint density at radius 3 is 2.58 bits per heavy atom. The molecule has 0 radical (unpaired) electrons. The number of nitrogens with zero attached hydrogens (tertiary/aromatic N) is 2. The summed E-state index contributed by atoms with van der Waals surface area (Å²) in [7, 11) is 0. The zero-order valence-electron chi connectivity index (χ0n) is 13.6. The van der Waals surface area contributed by atoms with E-state index in [0.29, 0.717) is 17.1 Å². The van der Waals surface area contributed by atoms with Crippen LogP contribution in [0.2, 0.25) is 0 Å². The van der Waals surface area contributed by atoms with Gasteiger partial charge in [-0.05, 0) is 42.5 Å². The van der Waals surface area contributed by atoms with Crippen molar-refractivity contribution in [2.45, 2.75) is 5.03 Å². The molecule has 6 heteroatoms. The first-order chi connectivity index (χ1) is 12.7. The Balaban J connectivity index is 1.64. The third kappa shape index (κ3) is 3.32. The molecule has 2 heterocycles. The molecule has 1 N–H and O–H groups in total. The van der Waals surface area contributed by atoms with Gasteiger partial charge in [0.25, 0.3) is 0 Å². The Kier molecular flexibility index (Phi) is 4.41. The number of phenols is 1. The zero-order chi connectivity index (χ0) is 17.9. The summed E-state index contributed by atoms with van der Waals surface area (Å²) in [6.45, 7) is 0. The summed E-state index contributed by atoms with van der Waals surface area (Å²) in [5.74, 6) is 1.43. The molecule has 128 valence electrons. The van der Waals surface area contributed by atoms with Crippen molar-refractivity contribution in [3.8, 4) is 17.3 Å². The fourth-order valence-corrected chi connectivity index (χ4v) is 3.45. The highest BCUT2D eigenvalue weighted by Gasteiger charge is 2.14. The van der Waals surface area contributed by atoms with E-state index in [4.69, 9.17) is 4.42 Å². The molecule has 0 saturated heterocycles. The molecule has 2 aromatic carbocycles. The highest BCUT2D eigenvalue weighted by Crippen LogP contribution is 2.29. The number of carbonyl (C=O) groups excluding carboxylic acids is 1. The molecule has 0 fully saturated rings. The lowest BCUT2D eigenvalue weighted by molar-refractivity contribution is 0.102. The molecule has 4 rings (SSSR count). The maximum Gasteiger partial charge on any atom is 0.197 e. The van der Waals surface area contributed by atoms with Crippen molar-refractivity contribution in [3.05, 3.63) is 72.5 Å². The standard InChI is InChI=1S/C20H14N2O3S/c23-14-9-7-13(8-10-14)17(24)12-26-20-15-4-1-2-5-16(15)21-19(22-20)18-6-3-11-25-18/h1-11,23H,12H2. The molecule has 0 unspecified atom stereocenters. The Hall–Kier alpha value is -3.12. The van der Waals surface area contributed by atoms with Gasteiger partial charge in [-0.1, -0.05) is 30.0 Å². The summed E-state index contributed by atoms with van der Waals surface area (Å²) in [6, 6.07) is 17.5. The Morgan fingerprint density at radius 2 is 1.81 bits per heavy atom. The zero-order valence-corrected chi connectivity index (χ0v) is 14.4. The maximum absolute atomic E-state index is 12.4. The van der Waals surface area contributed by atoms with Crippen molar-refractivity contribution in [2.24, 2.45) is 0 Å². The SMILES string of the molecule is O=C(CSc1nc(-c2ccco2)nc2ccccc12)c1ccc(O)cc1. The normalized spacial score (nSPS) is 10.9. The van der Waals surface area contributed by atoms with Crippen molar-refractivity contribution in [1.82, 2.24) is 9.97 Å². The van der Waals surface area contributed by atoms with E-state index in [2.05, 4.69) is 9.97 Å². The number of hydrogen-bond donors (Lipinski definition) is 1. The van der Waals surface area contributed by atoms with E-state index in [9.17, 15) is 9.90 Å². The maximum atomic E-state index is 12.4. The summed E-state index contributed by atoms with van der Waals surface area (Å²) in [6.07, 6.45) is 1.58. The van der Waals surface area contributed by atoms with Gasteiger partial charge in [-0.3, -0.25) is 4.79 Å². The van der Waals surface area contributed by atoms with E-state index in [1.54, 1.807) is 30.5 Å². The fraction of sp³-hybridized carbons (Fsp3) is 0.0500. The van der Waals surface area contributed by atoms with E-state index in [1.165, 1.54) is 23.9 Å². The summed E-state index contributed by atoms with van der Waals surface area (Å²) >= 11 is 1.36. The Bertz CT molecular complexity index is 1060. The lowest BCUT2D eigenvalue weighted by Crippen LogP contribution is -2.03. The number of benzene rings is 2. The molecule has 0 aliphatic heterocycles. The first kappa shape index (κ1) is 16.4. The minimum atomic E-state index is -0.0303. The van der Waals surface area contributed by atoms with Crippen molar-refractivity contribution < 1.29 is 14.3 Å². The average Bonchev–Trinajstić information content (AvgIpc) is 3.21. The molecule has 5 nitrogen and oxygen atoms in total. The van der Waals surface area contributed by atoms with Crippen LogP contribution in [0, 0.1) is 0 Å². The average molecular weight is 362 g/mol. The molecule has 0 bridgehead atoms. The number of rotatable bonds is 5. The highest BCUT2D eigenvalue weighted by molar-refractivity contribution is 8.00. The van der Waals surface area contributed by atoms with Crippen molar-refractivity contribution >= 4 is 28.4 Å². The molecule has 0 amide bonds. The van der Waals surface area contributed by atoms with E-state index in [0.717, 1.165) is 15.9 Å². The minimum Gasteiger partial charge on any atom is -0.508 e. The van der Waals surface area contributed by atoms with Gasteiger partial charge in [0.1, 0.15) is 10.8 Å². The molecule has 2 aromatic heterocycles. The summed E-state index contributed by atoms with van der Waals surface area (Å²) < 4.78 is 5.40. The number of furan rings is 1. The van der Waals surface area contributed by atoms with Gasteiger partial charge in [0.2, 0.25) is 0 Å². The van der Waals surface area contributed by atoms with Crippen molar-refractivity contribution in [3.63, 3.8) is 0 Å². The summed E-state index contributed by atoms with van der Waals surface area (Å²) in [5, 5.41) is 11.0. The number of hydrogen-bond acceptors (Lipinski definition) is 6. The molecule has 0 aliphatic rings. The third-order valence-corrected chi connectivity index (χ3v) is 4.83. The Morgan fingerprint density at radius 1 is 1.00 bits per heavy atom. The number of Topliss-reactive ketones (excluding diaryl/α,β-unsaturated/α-hetero) is 1. The van der Waals surface area contributed by atoms with Gasteiger partial charge in [0, 0.05) is 10.9 Å². The molecule has 0 saturated carbocycles. The van der Waals surface area contributed by atoms with Gasteiger partial charge < -0.3 is 9.52 Å². The van der Waals surface area contributed by atoms with Gasteiger partial charge in [0.15, 0.2) is 17.4 Å². The monoisotopic (exact) mass is 362 g/mol. The predicted molar refractivity (Wildman–Crippen MR) is 100 cm³/mol. The van der Waals surface area contributed by atoms with Crippen LogP contribution < -0.4 is 0 Å². The largest absolute Gasteiger partial charge is 0.508 e. The molecule has 0 spiro atoms. The van der Waals surface area contributed by atoms with E-state index in [1.807, 2.05) is 24.3 Å². The third-order valence-electron chi connectivity index (χ3n) is 3.84. The molecule has 0 aliphatic carbocycles. The number of fused-ring (bicyclic) bond motifs is 1. The lowest BCUT2D eigenvalue weighted by atomic mass is 10.1. The van der Waals surface area contributed by atoms with Crippen LogP contribution in [0.4, 0.5) is 0 Å². The highest BCUT2D eigenvalue weighted by atomic mass is 32.2. The molecular formula is C20H14N2O3S. The number of aromatic nitrogens is 2. The van der Waals surface area contributed by atoms with Crippen LogP contribution in [0.15, 0.2) is 76.4 Å². The second-order valence-corrected chi connectivity index (χ2v) is 6.57. The quantitative estimate of drug-likeness (QED) is 0.318. The topological polar surface area (TPSA) is 76.2 Å². The lowest BCUT2D eigenvalue weighted by Gasteiger charge is -2.07. The second kappa shape index (κ2) is 7.01. The van der Waals surface area contributed by atoms with Gasteiger partial charge in [-0.15, -0.1) is 0 Å². The molecule has 0 atom stereocenters.